The molecule has 1 unspecified atom stereocenters. The molecule has 2 rings (SSSR count). The number of hydrogen-bond acceptors (Lipinski definition) is 5. The molecule has 1 atom stereocenters. The number of tetrazole rings is 1. The second-order valence-corrected chi connectivity index (χ2v) is 4.58. The van der Waals surface area contributed by atoms with E-state index < -0.39 is 12.1 Å². The smallest absolute Gasteiger partial charge is 0.306 e. The van der Waals surface area contributed by atoms with Crippen LogP contribution in [0.25, 0.3) is 11.4 Å². The van der Waals surface area contributed by atoms with Crippen LogP contribution in [-0.4, -0.2) is 44.5 Å². The fraction of sp³-hybridized carbons (Fsp3) is 0.333. The number of benzene rings is 1. The SMILES string of the molecule is COC(CC(=O)O)Cn1nnnc1-c1ccc(Cl)cc1. The first kappa shape index (κ1) is 14.4. The van der Waals surface area contributed by atoms with Gasteiger partial charge in [0.1, 0.15) is 0 Å². The molecular formula is C12H13ClN4O3. The van der Waals surface area contributed by atoms with Crippen molar-refractivity contribution < 1.29 is 14.6 Å². The second-order valence-electron chi connectivity index (χ2n) is 4.15. The molecule has 0 radical (unpaired) electrons. The van der Waals surface area contributed by atoms with Crippen LogP contribution in [0.2, 0.25) is 5.02 Å². The average Bonchev–Trinajstić information content (AvgIpc) is 2.86. The van der Waals surface area contributed by atoms with E-state index in [4.69, 9.17) is 21.4 Å². The van der Waals surface area contributed by atoms with Gasteiger partial charge in [-0.2, -0.15) is 0 Å². The van der Waals surface area contributed by atoms with Gasteiger partial charge in [-0.3, -0.25) is 4.79 Å². The quantitative estimate of drug-likeness (QED) is 0.868. The molecule has 0 amide bonds. The highest BCUT2D eigenvalue weighted by atomic mass is 35.5. The van der Waals surface area contributed by atoms with Crippen LogP contribution in [0.1, 0.15) is 6.42 Å². The van der Waals surface area contributed by atoms with Gasteiger partial charge in [-0.25, -0.2) is 4.68 Å². The first-order valence-electron chi connectivity index (χ1n) is 5.87. The van der Waals surface area contributed by atoms with E-state index in [2.05, 4.69) is 15.5 Å². The summed E-state index contributed by atoms with van der Waals surface area (Å²) in [7, 11) is 1.46. The van der Waals surface area contributed by atoms with E-state index in [0.29, 0.717) is 10.8 Å². The predicted octanol–water partition coefficient (Wildman–Crippen LogP) is 1.48. The number of carbonyl (C=O) groups is 1. The van der Waals surface area contributed by atoms with Crippen LogP contribution in [0.5, 0.6) is 0 Å². The van der Waals surface area contributed by atoms with E-state index in [1.807, 2.05) is 0 Å². The van der Waals surface area contributed by atoms with Crippen molar-refractivity contribution in [3.63, 3.8) is 0 Å². The Labute approximate surface area is 120 Å². The van der Waals surface area contributed by atoms with Crippen molar-refractivity contribution in [1.29, 1.82) is 0 Å². The zero-order chi connectivity index (χ0) is 14.5. The van der Waals surface area contributed by atoms with Gasteiger partial charge in [0, 0.05) is 17.7 Å². The molecule has 0 saturated carbocycles. The van der Waals surface area contributed by atoms with Gasteiger partial charge in [0.2, 0.25) is 0 Å². The van der Waals surface area contributed by atoms with Crippen molar-refractivity contribution in [3.8, 4) is 11.4 Å². The molecule has 0 aliphatic heterocycles. The minimum absolute atomic E-state index is 0.115. The van der Waals surface area contributed by atoms with Crippen LogP contribution in [0, 0.1) is 0 Å². The molecule has 1 aromatic carbocycles. The monoisotopic (exact) mass is 296 g/mol. The fourth-order valence-electron chi connectivity index (χ4n) is 1.74. The Balaban J connectivity index is 2.19. The van der Waals surface area contributed by atoms with Crippen molar-refractivity contribution in [3.05, 3.63) is 29.3 Å². The molecule has 1 aromatic heterocycles. The van der Waals surface area contributed by atoms with Crippen LogP contribution in [-0.2, 0) is 16.1 Å². The largest absolute Gasteiger partial charge is 0.481 e. The number of aromatic nitrogens is 4. The van der Waals surface area contributed by atoms with Gasteiger partial charge < -0.3 is 9.84 Å². The summed E-state index contributed by atoms with van der Waals surface area (Å²) in [4.78, 5) is 10.7. The highest BCUT2D eigenvalue weighted by molar-refractivity contribution is 6.30. The maximum absolute atomic E-state index is 10.7. The van der Waals surface area contributed by atoms with Gasteiger partial charge in [0.15, 0.2) is 5.82 Å². The van der Waals surface area contributed by atoms with Crippen LogP contribution in [0.15, 0.2) is 24.3 Å². The van der Waals surface area contributed by atoms with Gasteiger partial charge in [0.25, 0.3) is 0 Å². The van der Waals surface area contributed by atoms with Crippen molar-refractivity contribution >= 4 is 17.6 Å². The number of halogens is 1. The first-order valence-corrected chi connectivity index (χ1v) is 6.24. The Morgan fingerprint density at radius 2 is 2.15 bits per heavy atom. The molecule has 8 heteroatoms. The molecule has 0 aliphatic carbocycles. The lowest BCUT2D eigenvalue weighted by molar-refractivity contribution is -0.139. The Morgan fingerprint density at radius 3 is 2.75 bits per heavy atom. The Hall–Kier alpha value is -1.99. The third-order valence-electron chi connectivity index (χ3n) is 2.75. The number of rotatable bonds is 6. The van der Waals surface area contributed by atoms with E-state index in [9.17, 15) is 4.79 Å². The fourth-order valence-corrected chi connectivity index (χ4v) is 1.87. The zero-order valence-electron chi connectivity index (χ0n) is 10.7. The van der Waals surface area contributed by atoms with Gasteiger partial charge in [-0.05, 0) is 34.7 Å². The highest BCUT2D eigenvalue weighted by Gasteiger charge is 2.17. The van der Waals surface area contributed by atoms with Crippen molar-refractivity contribution in [2.24, 2.45) is 0 Å². The van der Waals surface area contributed by atoms with E-state index >= 15 is 0 Å². The second kappa shape index (κ2) is 6.44. The topological polar surface area (TPSA) is 90.1 Å². The summed E-state index contributed by atoms with van der Waals surface area (Å²) < 4.78 is 6.64. The minimum atomic E-state index is -0.932. The lowest BCUT2D eigenvalue weighted by Gasteiger charge is -2.13. The molecule has 1 heterocycles. The molecular weight excluding hydrogens is 284 g/mol. The van der Waals surface area contributed by atoms with Gasteiger partial charge in [-0.15, -0.1) is 5.10 Å². The minimum Gasteiger partial charge on any atom is -0.481 e. The Bertz CT molecular complexity index is 585. The van der Waals surface area contributed by atoms with E-state index in [1.165, 1.54) is 11.8 Å². The van der Waals surface area contributed by atoms with Gasteiger partial charge in [0.05, 0.1) is 19.1 Å². The van der Waals surface area contributed by atoms with Crippen LogP contribution in [0.3, 0.4) is 0 Å². The highest BCUT2D eigenvalue weighted by Crippen LogP contribution is 2.19. The molecule has 0 aliphatic rings. The third kappa shape index (κ3) is 3.52. The molecule has 2 aromatic rings. The van der Waals surface area contributed by atoms with Crippen LogP contribution < -0.4 is 0 Å². The lowest BCUT2D eigenvalue weighted by atomic mass is 10.2. The first-order chi connectivity index (χ1) is 9.60. The molecule has 0 bridgehead atoms. The summed E-state index contributed by atoms with van der Waals surface area (Å²) in [5, 5.41) is 20.8. The van der Waals surface area contributed by atoms with E-state index in [-0.39, 0.29) is 13.0 Å². The number of carboxylic acid groups (broad SMARTS) is 1. The van der Waals surface area contributed by atoms with Gasteiger partial charge in [-0.1, -0.05) is 11.6 Å². The average molecular weight is 297 g/mol. The van der Waals surface area contributed by atoms with Crippen molar-refractivity contribution in [1.82, 2.24) is 20.2 Å². The molecule has 20 heavy (non-hydrogen) atoms. The molecule has 106 valence electrons. The number of hydrogen-bond donors (Lipinski definition) is 1. The summed E-state index contributed by atoms with van der Waals surface area (Å²) >= 11 is 5.83. The maximum Gasteiger partial charge on any atom is 0.306 e. The third-order valence-corrected chi connectivity index (χ3v) is 3.00. The van der Waals surface area contributed by atoms with Crippen LogP contribution >= 0.6 is 11.6 Å². The maximum atomic E-state index is 10.7. The Morgan fingerprint density at radius 1 is 1.45 bits per heavy atom. The number of aliphatic carboxylic acids is 1. The van der Waals surface area contributed by atoms with Crippen molar-refractivity contribution in [2.75, 3.05) is 7.11 Å². The standard InChI is InChI=1S/C12H13ClN4O3/c1-20-10(6-11(18)19)7-17-12(14-15-16-17)8-2-4-9(13)5-3-8/h2-5,10H,6-7H2,1H3,(H,18,19). The number of carboxylic acids is 1. The summed E-state index contributed by atoms with van der Waals surface area (Å²) in [5.41, 5.74) is 0.796. The summed E-state index contributed by atoms with van der Waals surface area (Å²) in [5.74, 6) is -0.396. The number of methoxy groups -OCH3 is 1. The summed E-state index contributed by atoms with van der Waals surface area (Å²) in [6, 6.07) is 7.06. The lowest BCUT2D eigenvalue weighted by Crippen LogP contribution is -2.23. The summed E-state index contributed by atoms with van der Waals surface area (Å²) in [6.07, 6.45) is -0.613. The Kier molecular flexibility index (Phi) is 4.65. The predicted molar refractivity (Wildman–Crippen MR) is 71.3 cm³/mol. The summed E-state index contributed by atoms with van der Waals surface area (Å²) in [6.45, 7) is 0.258. The number of ether oxygens (including phenoxy) is 1. The van der Waals surface area contributed by atoms with Crippen LogP contribution in [0.4, 0.5) is 0 Å². The van der Waals surface area contributed by atoms with E-state index in [0.717, 1.165) is 5.56 Å². The number of nitrogens with zero attached hydrogens (tertiary/aromatic N) is 4. The molecule has 0 spiro atoms. The molecule has 0 fully saturated rings. The normalized spacial score (nSPS) is 12.3. The van der Waals surface area contributed by atoms with Gasteiger partial charge >= 0.3 is 5.97 Å². The molecule has 0 saturated heterocycles. The van der Waals surface area contributed by atoms with E-state index in [1.54, 1.807) is 24.3 Å². The molecule has 7 nitrogen and oxygen atoms in total. The zero-order valence-corrected chi connectivity index (χ0v) is 11.5. The van der Waals surface area contributed by atoms with Crippen molar-refractivity contribution in [2.45, 2.75) is 19.1 Å². The molecule has 1 N–H and O–H groups in total.